The molecular weight excluding hydrogens is 198 g/mol. The van der Waals surface area contributed by atoms with Gasteiger partial charge in [-0.15, -0.1) is 0 Å². The lowest BCUT2D eigenvalue weighted by atomic mass is 10.2. The molecule has 0 aliphatic carbocycles. The van der Waals surface area contributed by atoms with Gasteiger partial charge >= 0.3 is 0 Å². The molecule has 1 aromatic heterocycles. The van der Waals surface area contributed by atoms with Gasteiger partial charge in [0.05, 0.1) is 11.9 Å². The highest BCUT2D eigenvalue weighted by Crippen LogP contribution is 2.22. The summed E-state index contributed by atoms with van der Waals surface area (Å²) in [5.41, 5.74) is 7.84. The number of hydrogen-bond acceptors (Lipinski definition) is 2. The van der Waals surface area contributed by atoms with Gasteiger partial charge in [-0.2, -0.15) is 5.10 Å². The van der Waals surface area contributed by atoms with E-state index in [9.17, 15) is 0 Å². The first-order valence-electron chi connectivity index (χ1n) is 4.25. The van der Waals surface area contributed by atoms with Crippen molar-refractivity contribution in [1.82, 2.24) is 9.78 Å². The first-order valence-corrected chi connectivity index (χ1v) is 4.63. The highest BCUT2D eigenvalue weighted by molar-refractivity contribution is 6.32. The molecule has 0 amide bonds. The van der Waals surface area contributed by atoms with E-state index in [0.717, 1.165) is 11.3 Å². The van der Waals surface area contributed by atoms with Crippen molar-refractivity contribution >= 4 is 17.4 Å². The van der Waals surface area contributed by atoms with E-state index >= 15 is 0 Å². The zero-order chi connectivity index (χ0) is 10.1. The summed E-state index contributed by atoms with van der Waals surface area (Å²) in [5, 5.41) is 4.59. The van der Waals surface area contributed by atoms with Crippen LogP contribution in [0.5, 0.6) is 0 Å². The maximum Gasteiger partial charge on any atom is 0.146 e. The van der Waals surface area contributed by atoms with Crippen LogP contribution in [-0.2, 0) is 0 Å². The molecule has 0 radical (unpaired) electrons. The standard InChI is InChI=1S/C10H10ClN3/c1-7-4-2-3-5-9(7)14-10(12)8(11)6-13-14/h2-6H,12H2,1H3. The quantitative estimate of drug-likeness (QED) is 0.781. The zero-order valence-corrected chi connectivity index (χ0v) is 8.49. The lowest BCUT2D eigenvalue weighted by Crippen LogP contribution is -2.03. The largest absolute Gasteiger partial charge is 0.382 e. The highest BCUT2D eigenvalue weighted by Gasteiger charge is 2.07. The van der Waals surface area contributed by atoms with Crippen LogP contribution in [0.1, 0.15) is 5.56 Å². The summed E-state index contributed by atoms with van der Waals surface area (Å²) in [6, 6.07) is 7.87. The van der Waals surface area contributed by atoms with Crippen LogP contribution in [0.15, 0.2) is 30.5 Å². The Labute approximate surface area is 87.1 Å². The van der Waals surface area contributed by atoms with Gasteiger partial charge in [0.25, 0.3) is 0 Å². The van der Waals surface area contributed by atoms with Crippen LogP contribution in [0.2, 0.25) is 5.02 Å². The number of nitrogens with zero attached hydrogens (tertiary/aromatic N) is 2. The molecule has 0 spiro atoms. The molecule has 0 bridgehead atoms. The molecule has 1 heterocycles. The molecular formula is C10H10ClN3. The van der Waals surface area contributed by atoms with Crippen LogP contribution in [0.4, 0.5) is 5.82 Å². The number of aryl methyl sites for hydroxylation is 1. The Bertz CT molecular complexity index is 462. The van der Waals surface area contributed by atoms with Gasteiger partial charge in [0.2, 0.25) is 0 Å². The van der Waals surface area contributed by atoms with Crippen molar-refractivity contribution in [1.29, 1.82) is 0 Å². The Morgan fingerprint density at radius 1 is 1.36 bits per heavy atom. The molecule has 2 rings (SSSR count). The molecule has 3 nitrogen and oxygen atoms in total. The van der Waals surface area contributed by atoms with Crippen molar-refractivity contribution in [2.45, 2.75) is 6.92 Å². The van der Waals surface area contributed by atoms with E-state index in [2.05, 4.69) is 5.10 Å². The Morgan fingerprint density at radius 2 is 2.07 bits per heavy atom. The van der Waals surface area contributed by atoms with Gasteiger partial charge in [0, 0.05) is 0 Å². The van der Waals surface area contributed by atoms with Crippen molar-refractivity contribution in [3.05, 3.63) is 41.0 Å². The number of rotatable bonds is 1. The molecule has 0 aliphatic heterocycles. The van der Waals surface area contributed by atoms with E-state index in [1.165, 1.54) is 0 Å². The minimum Gasteiger partial charge on any atom is -0.382 e. The summed E-state index contributed by atoms with van der Waals surface area (Å²) in [6.07, 6.45) is 1.54. The molecule has 14 heavy (non-hydrogen) atoms. The molecule has 1 aromatic carbocycles. The van der Waals surface area contributed by atoms with Crippen LogP contribution < -0.4 is 5.73 Å². The van der Waals surface area contributed by atoms with E-state index in [1.54, 1.807) is 10.9 Å². The third-order valence-corrected chi connectivity index (χ3v) is 2.39. The van der Waals surface area contributed by atoms with Gasteiger partial charge in [-0.25, -0.2) is 4.68 Å². The van der Waals surface area contributed by atoms with Crippen molar-refractivity contribution in [3.63, 3.8) is 0 Å². The van der Waals surface area contributed by atoms with Crippen molar-refractivity contribution in [3.8, 4) is 5.69 Å². The van der Waals surface area contributed by atoms with Crippen LogP contribution in [-0.4, -0.2) is 9.78 Å². The second-order valence-corrected chi connectivity index (χ2v) is 3.48. The number of anilines is 1. The smallest absolute Gasteiger partial charge is 0.146 e. The average molecular weight is 208 g/mol. The van der Waals surface area contributed by atoms with Crippen LogP contribution in [0.3, 0.4) is 0 Å². The fourth-order valence-corrected chi connectivity index (χ4v) is 1.45. The number of hydrogen-bond donors (Lipinski definition) is 1. The van der Waals surface area contributed by atoms with E-state index in [1.807, 2.05) is 31.2 Å². The first kappa shape index (κ1) is 9.09. The number of aromatic nitrogens is 2. The molecule has 0 aliphatic rings. The zero-order valence-electron chi connectivity index (χ0n) is 7.74. The minimum absolute atomic E-state index is 0.473. The highest BCUT2D eigenvalue weighted by atomic mass is 35.5. The monoisotopic (exact) mass is 207 g/mol. The predicted octanol–water partition coefficient (Wildman–Crippen LogP) is 2.42. The van der Waals surface area contributed by atoms with Crippen LogP contribution in [0.25, 0.3) is 5.69 Å². The lowest BCUT2D eigenvalue weighted by Gasteiger charge is -2.06. The molecule has 0 saturated carbocycles. The third-order valence-electron chi connectivity index (χ3n) is 2.10. The van der Waals surface area contributed by atoms with Gasteiger partial charge in [-0.05, 0) is 18.6 Å². The van der Waals surface area contributed by atoms with Gasteiger partial charge < -0.3 is 5.73 Å². The van der Waals surface area contributed by atoms with Gasteiger partial charge in [-0.3, -0.25) is 0 Å². The fourth-order valence-electron chi connectivity index (χ4n) is 1.33. The molecule has 0 saturated heterocycles. The SMILES string of the molecule is Cc1ccccc1-n1ncc(Cl)c1N. The summed E-state index contributed by atoms with van der Waals surface area (Å²) in [6.45, 7) is 2.00. The number of benzene rings is 1. The van der Waals surface area contributed by atoms with Crippen LogP contribution in [0, 0.1) is 6.92 Å². The topological polar surface area (TPSA) is 43.8 Å². The second-order valence-electron chi connectivity index (χ2n) is 3.08. The maximum absolute atomic E-state index is 5.82. The summed E-state index contributed by atoms with van der Waals surface area (Å²) in [5.74, 6) is 0.473. The van der Waals surface area contributed by atoms with Crippen molar-refractivity contribution in [2.24, 2.45) is 0 Å². The molecule has 4 heteroatoms. The van der Waals surface area contributed by atoms with E-state index in [0.29, 0.717) is 10.8 Å². The predicted molar refractivity (Wildman–Crippen MR) is 57.7 cm³/mol. The molecule has 0 unspecified atom stereocenters. The summed E-state index contributed by atoms with van der Waals surface area (Å²) in [7, 11) is 0. The first-order chi connectivity index (χ1) is 6.70. The minimum atomic E-state index is 0.473. The Kier molecular flexibility index (Phi) is 2.17. The number of halogens is 1. The Morgan fingerprint density at radius 3 is 2.64 bits per heavy atom. The van der Waals surface area contributed by atoms with E-state index in [4.69, 9.17) is 17.3 Å². The average Bonchev–Trinajstić information content (AvgIpc) is 2.49. The van der Waals surface area contributed by atoms with Crippen molar-refractivity contribution < 1.29 is 0 Å². The molecule has 0 fully saturated rings. The van der Waals surface area contributed by atoms with Gasteiger partial charge in [-0.1, -0.05) is 29.8 Å². The second kappa shape index (κ2) is 3.35. The molecule has 2 N–H and O–H groups in total. The van der Waals surface area contributed by atoms with Gasteiger partial charge in [0.1, 0.15) is 10.8 Å². The maximum atomic E-state index is 5.82. The normalized spacial score (nSPS) is 10.4. The number of nitrogens with two attached hydrogens (primary N) is 1. The fraction of sp³-hybridized carbons (Fsp3) is 0.100. The number of nitrogen functional groups attached to an aromatic ring is 1. The van der Waals surface area contributed by atoms with E-state index in [-0.39, 0.29) is 0 Å². The molecule has 0 atom stereocenters. The molecule has 2 aromatic rings. The summed E-state index contributed by atoms with van der Waals surface area (Å²) in [4.78, 5) is 0. The number of para-hydroxylation sites is 1. The van der Waals surface area contributed by atoms with Crippen LogP contribution >= 0.6 is 11.6 Å². The Balaban J connectivity index is 2.60. The summed E-state index contributed by atoms with van der Waals surface area (Å²) >= 11 is 5.82. The third kappa shape index (κ3) is 1.36. The molecule has 72 valence electrons. The van der Waals surface area contributed by atoms with E-state index < -0.39 is 0 Å². The summed E-state index contributed by atoms with van der Waals surface area (Å²) < 4.78 is 1.64. The Hall–Kier alpha value is -1.48. The van der Waals surface area contributed by atoms with Gasteiger partial charge in [0.15, 0.2) is 0 Å². The van der Waals surface area contributed by atoms with Crippen molar-refractivity contribution in [2.75, 3.05) is 5.73 Å². The lowest BCUT2D eigenvalue weighted by molar-refractivity contribution is 0.883.